The molecule has 10 heteroatoms. The third kappa shape index (κ3) is 7.08. The van der Waals surface area contributed by atoms with Crippen molar-refractivity contribution >= 4 is 23.4 Å². The molecule has 0 aromatic heterocycles. The zero-order valence-electron chi connectivity index (χ0n) is 18.3. The number of hydrogen-bond donors (Lipinski definition) is 2. The fraction of sp³-hybridized carbons (Fsp3) is 0.600. The molecule has 30 heavy (non-hydrogen) atoms. The first-order valence-corrected chi connectivity index (χ1v) is 9.15. The van der Waals surface area contributed by atoms with Gasteiger partial charge in [0.05, 0.1) is 0 Å². The van der Waals surface area contributed by atoms with Crippen molar-refractivity contribution in [3.8, 4) is 0 Å². The van der Waals surface area contributed by atoms with E-state index in [0.29, 0.717) is 35.4 Å². The van der Waals surface area contributed by atoms with Crippen LogP contribution in [0.4, 0.5) is 13.2 Å². The Labute approximate surface area is 174 Å². The maximum atomic E-state index is 12.7. The average molecular weight is 434 g/mol. The molecule has 0 heterocycles. The smallest absolute Gasteiger partial charge is 0.475 e. The highest BCUT2D eigenvalue weighted by molar-refractivity contribution is 6.25. The van der Waals surface area contributed by atoms with Gasteiger partial charge in [0.15, 0.2) is 11.6 Å². The van der Waals surface area contributed by atoms with Gasteiger partial charge in [0.2, 0.25) is 5.91 Å². The summed E-state index contributed by atoms with van der Waals surface area (Å²) in [7, 11) is 3.58. The molecule has 0 saturated heterocycles. The van der Waals surface area contributed by atoms with Crippen LogP contribution in [0.25, 0.3) is 0 Å². The molecule has 0 atom stereocenters. The molecule has 0 bridgehead atoms. The zero-order valence-corrected chi connectivity index (χ0v) is 18.3. The molecular formula is C20H29F3N2O5. The van der Waals surface area contributed by atoms with Crippen LogP contribution in [0, 0.1) is 5.41 Å². The van der Waals surface area contributed by atoms with Crippen LogP contribution >= 0.6 is 0 Å². The van der Waals surface area contributed by atoms with Gasteiger partial charge in [-0.2, -0.15) is 13.2 Å². The number of alkyl halides is 3. The largest absolute Gasteiger partial charge is 0.490 e. The predicted molar refractivity (Wildman–Crippen MR) is 105 cm³/mol. The summed E-state index contributed by atoms with van der Waals surface area (Å²) in [5.41, 5.74) is 1.25. The number of carboxylic acids is 1. The van der Waals surface area contributed by atoms with Gasteiger partial charge in [0, 0.05) is 54.3 Å². The molecule has 1 rings (SSSR count). The van der Waals surface area contributed by atoms with Crippen molar-refractivity contribution in [2.24, 2.45) is 5.41 Å². The van der Waals surface area contributed by atoms with Crippen LogP contribution in [0.1, 0.15) is 41.0 Å². The van der Waals surface area contributed by atoms with Gasteiger partial charge in [-0.15, -0.1) is 0 Å². The lowest BCUT2D eigenvalue weighted by Gasteiger charge is -2.32. The highest BCUT2D eigenvalue weighted by Crippen LogP contribution is 2.39. The van der Waals surface area contributed by atoms with Crippen molar-refractivity contribution in [3.63, 3.8) is 0 Å². The first-order valence-electron chi connectivity index (χ1n) is 9.15. The van der Waals surface area contributed by atoms with Gasteiger partial charge in [-0.25, -0.2) is 4.79 Å². The van der Waals surface area contributed by atoms with E-state index in [2.05, 4.69) is 5.32 Å². The maximum absolute atomic E-state index is 12.7. The van der Waals surface area contributed by atoms with Crippen LogP contribution in [-0.4, -0.2) is 66.8 Å². The summed E-state index contributed by atoms with van der Waals surface area (Å²) in [6.45, 7) is 10.1. The predicted octanol–water partition coefficient (Wildman–Crippen LogP) is 2.52. The van der Waals surface area contributed by atoms with Gasteiger partial charge >= 0.3 is 12.1 Å². The number of hydrogen-bond acceptors (Lipinski definition) is 5. The van der Waals surface area contributed by atoms with E-state index in [1.165, 1.54) is 0 Å². The summed E-state index contributed by atoms with van der Waals surface area (Å²) in [5, 5.41) is 10.1. The quantitative estimate of drug-likeness (QED) is 0.623. The number of carbonyl (C=O) groups is 4. The van der Waals surface area contributed by atoms with Crippen LogP contribution in [0.3, 0.4) is 0 Å². The molecule has 1 aliphatic carbocycles. The van der Waals surface area contributed by atoms with Crippen LogP contribution < -0.4 is 5.32 Å². The van der Waals surface area contributed by atoms with E-state index >= 15 is 0 Å². The van der Waals surface area contributed by atoms with Crippen LogP contribution in [-0.2, 0) is 19.2 Å². The number of Topliss-reactive ketones (excluding diaryl/α,β-unsaturated/α-hetero) is 2. The molecule has 0 spiro atoms. The number of rotatable bonds is 6. The standard InChI is InChI=1S/C18H28N2O3.C2HF3O2/c1-11-12(2)17(23)15(13(3)16(11)22)18(4,5)10-14(21)20(7)9-8-19-6;3-2(4,5)1(6)7/h19H,8-10H2,1-7H3;(H,6,7). The molecule has 0 radical (unpaired) electrons. The highest BCUT2D eigenvalue weighted by Gasteiger charge is 2.39. The van der Waals surface area contributed by atoms with Crippen molar-refractivity contribution in [1.82, 2.24) is 10.2 Å². The lowest BCUT2D eigenvalue weighted by molar-refractivity contribution is -0.192. The summed E-state index contributed by atoms with van der Waals surface area (Å²) in [5.74, 6) is -3.00. The van der Waals surface area contributed by atoms with E-state index in [-0.39, 0.29) is 23.9 Å². The average Bonchev–Trinajstić information content (AvgIpc) is 2.61. The lowest BCUT2D eigenvalue weighted by atomic mass is 9.71. The van der Waals surface area contributed by atoms with Crippen molar-refractivity contribution in [2.75, 3.05) is 27.2 Å². The maximum Gasteiger partial charge on any atom is 0.490 e. The molecule has 0 saturated carbocycles. The minimum Gasteiger partial charge on any atom is -0.475 e. The van der Waals surface area contributed by atoms with Gasteiger partial charge < -0.3 is 15.3 Å². The van der Waals surface area contributed by atoms with E-state index in [9.17, 15) is 27.6 Å². The van der Waals surface area contributed by atoms with Crippen LogP contribution in [0.15, 0.2) is 22.3 Å². The summed E-state index contributed by atoms with van der Waals surface area (Å²) >= 11 is 0. The molecule has 0 aromatic carbocycles. The SMILES string of the molecule is CNCCN(C)C(=O)CC(C)(C)C1=C(C)C(=O)C(C)=C(C)C1=O.O=C(O)C(F)(F)F. The Balaban J connectivity index is 0.00000103. The number of carbonyl (C=O) groups excluding carboxylic acids is 3. The topological polar surface area (TPSA) is 104 Å². The first kappa shape index (κ1) is 27.5. The van der Waals surface area contributed by atoms with Crippen molar-refractivity contribution in [2.45, 2.75) is 47.2 Å². The molecule has 170 valence electrons. The Bertz CT molecular complexity index is 780. The van der Waals surface area contributed by atoms with Gasteiger partial charge in [-0.05, 0) is 27.8 Å². The van der Waals surface area contributed by atoms with Crippen molar-refractivity contribution in [3.05, 3.63) is 22.3 Å². The number of aliphatic carboxylic acids is 1. The number of likely N-dealkylation sites (N-methyl/N-ethyl adjacent to an activating group) is 2. The van der Waals surface area contributed by atoms with Crippen LogP contribution in [0.5, 0.6) is 0 Å². The molecule has 1 amide bonds. The van der Waals surface area contributed by atoms with Crippen LogP contribution in [0.2, 0.25) is 0 Å². The summed E-state index contributed by atoms with van der Waals surface area (Å²) in [6, 6.07) is 0. The Kier molecular flexibility index (Phi) is 9.64. The van der Waals surface area contributed by atoms with E-state index in [4.69, 9.17) is 9.90 Å². The Morgan fingerprint density at radius 1 is 1.00 bits per heavy atom. The number of halogens is 3. The molecule has 0 fully saturated rings. The Morgan fingerprint density at radius 3 is 1.83 bits per heavy atom. The van der Waals surface area contributed by atoms with Gasteiger partial charge in [-0.3, -0.25) is 14.4 Å². The second kappa shape index (κ2) is 10.5. The van der Waals surface area contributed by atoms with E-state index in [1.807, 2.05) is 20.9 Å². The molecule has 7 nitrogen and oxygen atoms in total. The fourth-order valence-corrected chi connectivity index (χ4v) is 2.91. The lowest BCUT2D eigenvalue weighted by Crippen LogP contribution is -2.38. The van der Waals surface area contributed by atoms with E-state index < -0.39 is 17.6 Å². The number of amides is 1. The van der Waals surface area contributed by atoms with Gasteiger partial charge in [-0.1, -0.05) is 13.8 Å². The summed E-state index contributed by atoms with van der Waals surface area (Å²) in [4.78, 5) is 47.9. The Hall–Kier alpha value is -2.49. The summed E-state index contributed by atoms with van der Waals surface area (Å²) in [6.07, 6.45) is -4.88. The fourth-order valence-electron chi connectivity index (χ4n) is 2.91. The van der Waals surface area contributed by atoms with Gasteiger partial charge in [0.1, 0.15) is 0 Å². The summed E-state index contributed by atoms with van der Waals surface area (Å²) < 4.78 is 31.7. The third-order valence-corrected chi connectivity index (χ3v) is 4.82. The van der Waals surface area contributed by atoms with E-state index in [0.717, 1.165) is 0 Å². The highest BCUT2D eigenvalue weighted by atomic mass is 19.4. The number of ketones is 2. The third-order valence-electron chi connectivity index (χ3n) is 4.82. The second-order valence-corrected chi connectivity index (χ2v) is 7.69. The molecule has 0 aromatic rings. The molecular weight excluding hydrogens is 405 g/mol. The molecule has 0 unspecified atom stereocenters. The number of nitrogens with zero attached hydrogens (tertiary/aromatic N) is 1. The van der Waals surface area contributed by atoms with Gasteiger partial charge in [0.25, 0.3) is 0 Å². The second-order valence-electron chi connectivity index (χ2n) is 7.69. The Morgan fingerprint density at radius 2 is 1.43 bits per heavy atom. The number of allylic oxidation sites excluding steroid dienone is 4. The monoisotopic (exact) mass is 434 g/mol. The minimum atomic E-state index is -5.08. The first-order chi connectivity index (χ1) is 13.5. The molecule has 0 aliphatic heterocycles. The van der Waals surface area contributed by atoms with Crippen molar-refractivity contribution in [1.29, 1.82) is 0 Å². The minimum absolute atomic E-state index is 0.0327. The molecule has 1 aliphatic rings. The molecule has 2 N–H and O–H groups in total. The van der Waals surface area contributed by atoms with E-state index in [1.54, 1.807) is 32.7 Å². The van der Waals surface area contributed by atoms with Crippen molar-refractivity contribution < 1.29 is 37.5 Å². The normalized spacial score (nSPS) is 15.1. The zero-order chi connectivity index (χ0) is 24.0. The number of nitrogens with one attached hydrogen (secondary N) is 1. The number of carboxylic acid groups (broad SMARTS) is 1.